The Labute approximate surface area is 90.9 Å². The van der Waals surface area contributed by atoms with Gasteiger partial charge in [0.15, 0.2) is 0 Å². The van der Waals surface area contributed by atoms with Gasteiger partial charge in [-0.2, -0.15) is 0 Å². The summed E-state index contributed by atoms with van der Waals surface area (Å²) in [6.45, 7) is 3.39. The molecule has 0 unspecified atom stereocenters. The minimum absolute atomic E-state index is 1.07. The third kappa shape index (κ3) is 7.09. The summed E-state index contributed by atoms with van der Waals surface area (Å²) in [4.78, 5) is 0. The average Bonchev–Trinajstić information content (AvgIpc) is 2.22. The first-order chi connectivity index (χ1) is 6.80. The van der Waals surface area contributed by atoms with Crippen molar-refractivity contribution >= 4 is 6.15 Å². The van der Waals surface area contributed by atoms with Gasteiger partial charge in [0, 0.05) is 0 Å². The second-order valence-electron chi connectivity index (χ2n) is 3.99. The van der Waals surface area contributed by atoms with E-state index in [1.54, 1.807) is 0 Å². The molecule has 0 heterocycles. The summed E-state index contributed by atoms with van der Waals surface area (Å²) in [6.07, 6.45) is -2.72. The fraction of sp³-hybridized carbons (Fsp3) is 0.556. The van der Waals surface area contributed by atoms with Gasteiger partial charge < -0.3 is 4.48 Å². The van der Waals surface area contributed by atoms with Crippen molar-refractivity contribution in [3.05, 3.63) is 0 Å². The Hall–Kier alpha value is -2.02. The Morgan fingerprint density at radius 2 is 1.07 bits per heavy atom. The second kappa shape index (κ2) is 6.44. The molecule has 0 aromatic carbocycles. The molecule has 6 heteroatoms. The first-order valence-electron chi connectivity index (χ1n) is 4.41. The van der Waals surface area contributed by atoms with E-state index < -0.39 is 6.15 Å². The van der Waals surface area contributed by atoms with Crippen LogP contribution in [0.5, 0.6) is 0 Å². The molecule has 0 aliphatic carbocycles. The normalized spacial score (nSPS) is 9.33. The summed E-state index contributed by atoms with van der Waals surface area (Å²) in [5, 5.41) is 32.3. The van der Waals surface area contributed by atoms with Gasteiger partial charge in [-0.05, 0) is 6.92 Å². The van der Waals surface area contributed by atoms with Crippen molar-refractivity contribution in [3.63, 3.8) is 0 Å². The molecule has 0 aliphatic rings. The van der Waals surface area contributed by atoms with Crippen LogP contribution >= 0.6 is 0 Å². The number of quaternary nitrogens is 1. The van der Waals surface area contributed by atoms with Crippen LogP contribution in [0.25, 0.3) is 0 Å². The second-order valence-corrected chi connectivity index (χ2v) is 3.99. The summed E-state index contributed by atoms with van der Waals surface area (Å²) in [5.74, 6) is 5.38. The van der Waals surface area contributed by atoms with Gasteiger partial charge in [-0.25, -0.2) is 21.0 Å². The Balaban J connectivity index is 0. The highest BCUT2D eigenvalue weighted by atomic mass is 15.3. The molecule has 0 N–H and O–H groups in total. The molecule has 0 amide bonds. The monoisotopic (exact) mass is 203 g/mol. The van der Waals surface area contributed by atoms with Crippen LogP contribution in [0, 0.1) is 44.9 Å². The van der Waals surface area contributed by atoms with Gasteiger partial charge in [-0.3, -0.25) is 0 Å². The molecule has 78 valence electrons. The zero-order chi connectivity index (χ0) is 12.5. The molecular formula is C9H14BN5. The number of hydrogen-bond donors (Lipinski definition) is 0. The van der Waals surface area contributed by atoms with E-state index >= 15 is 0 Å². The molecule has 0 aromatic rings. The minimum atomic E-state index is -2.72. The lowest BCUT2D eigenvalue weighted by molar-refractivity contribution is -0.868. The molecule has 0 aromatic heterocycles. The van der Waals surface area contributed by atoms with E-state index in [2.05, 4.69) is 28.1 Å². The predicted molar refractivity (Wildman–Crippen MR) is 56.8 cm³/mol. The van der Waals surface area contributed by atoms with Gasteiger partial charge in [0.25, 0.3) is 0 Å². The maximum absolute atomic E-state index is 8.09. The van der Waals surface area contributed by atoms with Crippen LogP contribution in [0.4, 0.5) is 0 Å². The van der Waals surface area contributed by atoms with E-state index in [0.29, 0.717) is 0 Å². The van der Waals surface area contributed by atoms with Gasteiger partial charge in [0.05, 0.1) is 27.7 Å². The summed E-state index contributed by atoms with van der Waals surface area (Å²) in [6, 6.07) is 0. The zero-order valence-electron chi connectivity index (χ0n) is 9.52. The van der Waals surface area contributed by atoms with E-state index in [4.69, 9.17) is 21.0 Å². The third-order valence-corrected chi connectivity index (χ3v) is 1.72. The molecule has 0 aliphatic heterocycles. The smallest absolute Gasteiger partial charge is 0.331 e. The first-order valence-corrected chi connectivity index (χ1v) is 4.41. The van der Waals surface area contributed by atoms with Gasteiger partial charge in [0.1, 0.15) is 0 Å². The Morgan fingerprint density at radius 1 is 0.867 bits per heavy atom. The van der Waals surface area contributed by atoms with Crippen LogP contribution < -0.4 is 0 Å². The van der Waals surface area contributed by atoms with Gasteiger partial charge in [0.2, 0.25) is 0 Å². The molecule has 0 saturated heterocycles. The topological polar surface area (TPSA) is 95.2 Å². The van der Waals surface area contributed by atoms with Crippen LogP contribution in [0.1, 0.15) is 6.92 Å². The number of rotatable bonds is 1. The van der Waals surface area contributed by atoms with Crippen molar-refractivity contribution in [2.24, 2.45) is 0 Å². The lowest BCUT2D eigenvalue weighted by Crippen LogP contribution is -2.33. The molecule has 0 radical (unpaired) electrons. The van der Waals surface area contributed by atoms with E-state index in [9.17, 15) is 0 Å². The molecule has 0 saturated carbocycles. The highest BCUT2D eigenvalue weighted by Gasteiger charge is 2.22. The highest BCUT2D eigenvalue weighted by Crippen LogP contribution is 1.92. The zero-order valence-corrected chi connectivity index (χ0v) is 9.52. The van der Waals surface area contributed by atoms with E-state index in [1.165, 1.54) is 30.4 Å². The lowest BCUT2D eigenvalue weighted by atomic mass is 9.30. The maximum Gasteiger partial charge on any atom is 0.383 e. The van der Waals surface area contributed by atoms with Crippen molar-refractivity contribution in [3.8, 4) is 23.9 Å². The van der Waals surface area contributed by atoms with E-state index in [1.807, 2.05) is 0 Å². The standard InChI is InChI=1S/C5H14N.C4BN4/c1-5-6(2,3)4;6-1-5(2-7,3-8)4-9/h5H2,1-4H3;/q+1;-1. The summed E-state index contributed by atoms with van der Waals surface area (Å²) >= 11 is 0. The van der Waals surface area contributed by atoms with Crippen LogP contribution in [0.3, 0.4) is 0 Å². The van der Waals surface area contributed by atoms with Crippen molar-refractivity contribution in [1.29, 1.82) is 21.0 Å². The van der Waals surface area contributed by atoms with Gasteiger partial charge in [-0.15, -0.1) is 23.9 Å². The SMILES string of the molecule is CC[N+](C)(C)C.N#C[B-](C#N)(C#N)C#N. The Bertz CT molecular complexity index is 293. The molecule has 0 fully saturated rings. The average molecular weight is 203 g/mol. The van der Waals surface area contributed by atoms with Crippen molar-refractivity contribution in [1.82, 2.24) is 0 Å². The predicted octanol–water partition coefficient (Wildman–Crippen LogP) is 0.399. The molecule has 0 atom stereocenters. The summed E-state index contributed by atoms with van der Waals surface area (Å²) in [5.41, 5.74) is 0. The third-order valence-electron chi connectivity index (χ3n) is 1.72. The van der Waals surface area contributed by atoms with Gasteiger partial charge in [-0.1, -0.05) is 0 Å². The van der Waals surface area contributed by atoms with E-state index in [-0.39, 0.29) is 0 Å². The highest BCUT2D eigenvalue weighted by molar-refractivity contribution is 7.05. The number of nitrogens with zero attached hydrogens (tertiary/aromatic N) is 5. The van der Waals surface area contributed by atoms with Crippen molar-refractivity contribution in [2.45, 2.75) is 6.92 Å². The fourth-order valence-electron chi connectivity index (χ4n) is 0.173. The van der Waals surface area contributed by atoms with Crippen molar-refractivity contribution in [2.75, 3.05) is 27.7 Å². The molecule has 15 heavy (non-hydrogen) atoms. The molecule has 0 rings (SSSR count). The fourth-order valence-corrected chi connectivity index (χ4v) is 0.173. The first kappa shape index (κ1) is 15.5. The molecule has 0 spiro atoms. The largest absolute Gasteiger partial charge is 0.383 e. The molecule has 5 nitrogen and oxygen atoms in total. The number of nitriles is 4. The number of hydrogen-bond acceptors (Lipinski definition) is 4. The lowest BCUT2D eigenvalue weighted by Gasteiger charge is -2.20. The Morgan fingerprint density at radius 3 is 1.07 bits per heavy atom. The van der Waals surface area contributed by atoms with Crippen LogP contribution in [-0.4, -0.2) is 38.3 Å². The van der Waals surface area contributed by atoms with Crippen LogP contribution in [0.2, 0.25) is 0 Å². The van der Waals surface area contributed by atoms with Crippen LogP contribution in [0.15, 0.2) is 0 Å². The molecule has 0 bridgehead atoms. The summed E-state index contributed by atoms with van der Waals surface area (Å²) < 4.78 is 1.07. The van der Waals surface area contributed by atoms with Crippen molar-refractivity contribution < 1.29 is 4.48 Å². The van der Waals surface area contributed by atoms with E-state index in [0.717, 1.165) is 4.48 Å². The Kier molecular flexibility index (Phi) is 6.64. The maximum atomic E-state index is 8.09. The van der Waals surface area contributed by atoms with Crippen LogP contribution in [-0.2, 0) is 0 Å². The van der Waals surface area contributed by atoms with Gasteiger partial charge >= 0.3 is 6.15 Å². The summed E-state index contributed by atoms with van der Waals surface area (Å²) in [7, 11) is 6.54. The molecular weight excluding hydrogens is 189 g/mol. The quantitative estimate of drug-likeness (QED) is 0.455. The minimum Gasteiger partial charge on any atom is -0.331 e.